The van der Waals surface area contributed by atoms with E-state index in [1.165, 1.54) is 6.07 Å². The zero-order valence-electron chi connectivity index (χ0n) is 20.0. The van der Waals surface area contributed by atoms with Crippen LogP contribution in [0.25, 0.3) is 11.3 Å². The maximum atomic E-state index is 13.3. The summed E-state index contributed by atoms with van der Waals surface area (Å²) in [5.41, 5.74) is 3.92. The molecule has 0 fully saturated rings. The third-order valence-corrected chi connectivity index (χ3v) is 6.29. The number of hydrogen-bond donors (Lipinski definition) is 2. The molecule has 1 aromatic heterocycles. The molecule has 0 radical (unpaired) electrons. The average molecular weight is 504 g/mol. The first-order valence-electron chi connectivity index (χ1n) is 11.0. The normalized spacial score (nSPS) is 13.3. The van der Waals surface area contributed by atoms with Gasteiger partial charge in [0.25, 0.3) is 0 Å². The Balaban J connectivity index is 1.79. The Morgan fingerprint density at radius 1 is 1.03 bits per heavy atom. The van der Waals surface area contributed by atoms with Crippen molar-refractivity contribution >= 4 is 16.9 Å². The van der Waals surface area contributed by atoms with Crippen LogP contribution in [0.3, 0.4) is 0 Å². The van der Waals surface area contributed by atoms with E-state index in [1.807, 2.05) is 38.1 Å². The SMILES string of the molecule is Cc1cccc(-c2nc(C(F)(F)F)ccc2CNC(=O)C(C)c2ccc(CNS(C)=O)c(C)c2)c1. The smallest absolute Gasteiger partial charge is 0.351 e. The first kappa shape index (κ1) is 26.6. The van der Waals surface area contributed by atoms with E-state index in [1.54, 1.807) is 31.4 Å². The second kappa shape index (κ2) is 11.1. The summed E-state index contributed by atoms with van der Waals surface area (Å²) in [5.74, 6) is -0.721. The van der Waals surface area contributed by atoms with Crippen LogP contribution in [0.1, 0.15) is 46.4 Å². The number of carbonyl (C=O) groups is 1. The van der Waals surface area contributed by atoms with E-state index in [4.69, 9.17) is 0 Å². The first-order valence-corrected chi connectivity index (χ1v) is 12.6. The molecular weight excluding hydrogens is 475 g/mol. The van der Waals surface area contributed by atoms with Crippen molar-refractivity contribution in [2.24, 2.45) is 0 Å². The molecule has 1 amide bonds. The van der Waals surface area contributed by atoms with Gasteiger partial charge in [0.1, 0.15) is 5.69 Å². The molecule has 35 heavy (non-hydrogen) atoms. The first-order chi connectivity index (χ1) is 16.5. The molecule has 1 heterocycles. The van der Waals surface area contributed by atoms with Gasteiger partial charge in [-0.15, -0.1) is 0 Å². The van der Waals surface area contributed by atoms with Gasteiger partial charge in [-0.1, -0.05) is 48.0 Å². The number of halogens is 3. The minimum atomic E-state index is -4.57. The number of benzene rings is 2. The molecule has 186 valence electrons. The molecule has 0 aliphatic rings. The summed E-state index contributed by atoms with van der Waals surface area (Å²) in [4.78, 5) is 16.8. The number of alkyl halides is 3. The highest BCUT2D eigenvalue weighted by molar-refractivity contribution is 7.82. The number of aryl methyl sites for hydroxylation is 2. The number of amides is 1. The van der Waals surface area contributed by atoms with Crippen molar-refractivity contribution in [1.29, 1.82) is 0 Å². The van der Waals surface area contributed by atoms with Crippen molar-refractivity contribution in [2.75, 3.05) is 6.26 Å². The summed E-state index contributed by atoms with van der Waals surface area (Å²) < 4.78 is 54.0. The molecule has 0 saturated carbocycles. The van der Waals surface area contributed by atoms with Crippen LogP contribution in [-0.2, 0) is 35.0 Å². The molecule has 2 aromatic carbocycles. The van der Waals surface area contributed by atoms with Gasteiger partial charge in [0.15, 0.2) is 0 Å². The second-order valence-corrected chi connectivity index (χ2v) is 9.67. The largest absolute Gasteiger partial charge is 0.433 e. The monoisotopic (exact) mass is 503 g/mol. The predicted octanol–water partition coefficient (Wildman–Crippen LogP) is 5.19. The van der Waals surface area contributed by atoms with E-state index in [0.29, 0.717) is 17.7 Å². The van der Waals surface area contributed by atoms with Crippen LogP contribution in [0.15, 0.2) is 54.6 Å². The van der Waals surface area contributed by atoms with Crippen LogP contribution in [0.5, 0.6) is 0 Å². The number of pyridine rings is 1. The zero-order valence-corrected chi connectivity index (χ0v) is 20.8. The van der Waals surface area contributed by atoms with E-state index >= 15 is 0 Å². The number of rotatable bonds is 8. The molecule has 9 heteroatoms. The topological polar surface area (TPSA) is 71.1 Å². The molecule has 5 nitrogen and oxygen atoms in total. The van der Waals surface area contributed by atoms with Gasteiger partial charge in [-0.3, -0.25) is 4.79 Å². The van der Waals surface area contributed by atoms with Gasteiger partial charge in [0.05, 0.1) is 22.6 Å². The van der Waals surface area contributed by atoms with Crippen LogP contribution in [0, 0.1) is 13.8 Å². The van der Waals surface area contributed by atoms with Crippen molar-refractivity contribution in [3.63, 3.8) is 0 Å². The summed E-state index contributed by atoms with van der Waals surface area (Å²) >= 11 is 0. The highest BCUT2D eigenvalue weighted by Gasteiger charge is 2.33. The molecule has 2 atom stereocenters. The molecule has 0 aliphatic heterocycles. The Labute approximate surface area is 205 Å². The Bertz CT molecular complexity index is 1240. The van der Waals surface area contributed by atoms with Crippen LogP contribution in [-0.4, -0.2) is 21.4 Å². The minimum Gasteiger partial charge on any atom is -0.351 e. The summed E-state index contributed by atoms with van der Waals surface area (Å²) in [7, 11) is -1.12. The van der Waals surface area contributed by atoms with Gasteiger partial charge >= 0.3 is 6.18 Å². The van der Waals surface area contributed by atoms with Crippen LogP contribution >= 0.6 is 0 Å². The number of aromatic nitrogens is 1. The van der Waals surface area contributed by atoms with Crippen LogP contribution in [0.4, 0.5) is 13.2 Å². The minimum absolute atomic E-state index is 0.0425. The molecule has 3 rings (SSSR count). The predicted molar refractivity (Wildman–Crippen MR) is 132 cm³/mol. The third kappa shape index (κ3) is 6.99. The molecule has 2 unspecified atom stereocenters. The maximum absolute atomic E-state index is 13.3. The van der Waals surface area contributed by atoms with E-state index in [0.717, 1.165) is 28.3 Å². The highest BCUT2D eigenvalue weighted by atomic mass is 32.2. The number of nitrogens with zero attached hydrogens (tertiary/aromatic N) is 1. The van der Waals surface area contributed by atoms with E-state index in [-0.39, 0.29) is 18.1 Å². The summed E-state index contributed by atoms with van der Waals surface area (Å²) in [6, 6.07) is 15.0. The van der Waals surface area contributed by atoms with Crippen molar-refractivity contribution in [2.45, 2.75) is 46.0 Å². The molecular formula is C26H28F3N3O2S. The molecule has 0 bridgehead atoms. The fraction of sp³-hybridized carbons (Fsp3) is 0.308. The van der Waals surface area contributed by atoms with Crippen molar-refractivity contribution in [3.8, 4) is 11.3 Å². The van der Waals surface area contributed by atoms with Crippen molar-refractivity contribution < 1.29 is 22.2 Å². The Morgan fingerprint density at radius 2 is 1.74 bits per heavy atom. The number of hydrogen-bond acceptors (Lipinski definition) is 3. The summed E-state index contributed by atoms with van der Waals surface area (Å²) in [5, 5.41) is 2.84. The fourth-order valence-electron chi connectivity index (χ4n) is 3.68. The highest BCUT2D eigenvalue weighted by Crippen LogP contribution is 2.31. The lowest BCUT2D eigenvalue weighted by Gasteiger charge is -2.17. The van der Waals surface area contributed by atoms with Gasteiger partial charge in [-0.25, -0.2) is 13.9 Å². The van der Waals surface area contributed by atoms with Crippen molar-refractivity contribution in [3.05, 3.63) is 88.1 Å². The molecule has 0 spiro atoms. The van der Waals surface area contributed by atoms with Gasteiger partial charge in [-0.05, 0) is 55.2 Å². The lowest BCUT2D eigenvalue weighted by Crippen LogP contribution is -2.28. The van der Waals surface area contributed by atoms with Gasteiger partial charge < -0.3 is 5.32 Å². The molecule has 0 saturated heterocycles. The van der Waals surface area contributed by atoms with Crippen LogP contribution in [0.2, 0.25) is 0 Å². The molecule has 3 aromatic rings. The van der Waals surface area contributed by atoms with E-state index in [2.05, 4.69) is 15.0 Å². The van der Waals surface area contributed by atoms with Crippen LogP contribution < -0.4 is 10.0 Å². The second-order valence-electron chi connectivity index (χ2n) is 8.47. The molecule has 0 aliphatic carbocycles. The summed E-state index contributed by atoms with van der Waals surface area (Å²) in [6.07, 6.45) is -3.01. The molecule has 2 N–H and O–H groups in total. The van der Waals surface area contributed by atoms with Crippen molar-refractivity contribution in [1.82, 2.24) is 15.0 Å². The summed E-state index contributed by atoms with van der Waals surface area (Å²) in [6.45, 7) is 6.05. The van der Waals surface area contributed by atoms with Gasteiger partial charge in [0.2, 0.25) is 5.91 Å². The Hall–Kier alpha value is -3.04. The van der Waals surface area contributed by atoms with E-state index in [9.17, 15) is 22.2 Å². The quantitative estimate of drug-likeness (QED) is 0.445. The van der Waals surface area contributed by atoms with E-state index < -0.39 is 28.8 Å². The number of carbonyl (C=O) groups excluding carboxylic acids is 1. The number of nitrogens with one attached hydrogen (secondary N) is 2. The van der Waals surface area contributed by atoms with Gasteiger partial charge in [-0.2, -0.15) is 13.2 Å². The average Bonchev–Trinajstić information content (AvgIpc) is 2.80. The maximum Gasteiger partial charge on any atom is 0.433 e. The third-order valence-electron chi connectivity index (χ3n) is 5.74. The van der Waals surface area contributed by atoms with Gasteiger partial charge in [0, 0.05) is 24.9 Å². The zero-order chi connectivity index (χ0) is 25.8. The Kier molecular flexibility index (Phi) is 8.45. The fourth-order valence-corrected chi connectivity index (χ4v) is 4.04. The standard InChI is InChI=1S/C26H28F3N3O2S/c1-16-6-5-7-20(12-16)24-22(10-11-23(32-24)26(27,28)29)14-30-25(33)18(3)19-8-9-21(17(2)13-19)15-31-35(4)34/h5-13,18,31H,14-15H2,1-4H3,(H,30,33). The Morgan fingerprint density at radius 3 is 2.37 bits per heavy atom. The lowest BCUT2D eigenvalue weighted by atomic mass is 9.95. The lowest BCUT2D eigenvalue weighted by molar-refractivity contribution is -0.141.